The predicted octanol–water partition coefficient (Wildman–Crippen LogP) is 1.03. The molecule has 0 radical (unpaired) electrons. The molecule has 0 atom stereocenters. The third-order valence-electron chi connectivity index (χ3n) is 3.08. The number of rotatable bonds is 8. The summed E-state index contributed by atoms with van der Waals surface area (Å²) >= 11 is 0. The average Bonchev–Trinajstić information content (AvgIpc) is 2.56. The van der Waals surface area contributed by atoms with E-state index < -0.39 is 5.91 Å². The minimum Gasteiger partial charge on any atom is -0.497 e. The first-order chi connectivity index (χ1) is 10.6. The van der Waals surface area contributed by atoms with Gasteiger partial charge in [-0.25, -0.2) is 0 Å². The minimum absolute atomic E-state index is 0.0174. The molecule has 0 aliphatic heterocycles. The highest BCUT2D eigenvalue weighted by Gasteiger charge is 2.10. The Morgan fingerprint density at radius 3 is 2.64 bits per heavy atom. The molecule has 118 valence electrons. The molecular weight excluding hydrogens is 282 g/mol. The van der Waals surface area contributed by atoms with Crippen molar-refractivity contribution in [2.24, 2.45) is 0 Å². The molecule has 0 aromatic heterocycles. The van der Waals surface area contributed by atoms with Crippen molar-refractivity contribution in [3.05, 3.63) is 41.6 Å². The van der Waals surface area contributed by atoms with Crippen LogP contribution in [0.1, 0.15) is 12.5 Å². The molecule has 6 nitrogen and oxygen atoms in total. The van der Waals surface area contributed by atoms with E-state index in [2.05, 4.69) is 5.32 Å². The van der Waals surface area contributed by atoms with E-state index in [0.29, 0.717) is 19.6 Å². The molecule has 0 fully saturated rings. The van der Waals surface area contributed by atoms with Crippen molar-refractivity contribution in [2.45, 2.75) is 13.5 Å². The number of nitrogens with zero attached hydrogens (tertiary/aromatic N) is 2. The number of carbonyl (C=O) groups is 1. The summed E-state index contributed by atoms with van der Waals surface area (Å²) in [5.74, 6) is 0.310. The van der Waals surface area contributed by atoms with Crippen molar-refractivity contribution in [1.82, 2.24) is 10.2 Å². The number of aliphatic hydroxyl groups is 1. The van der Waals surface area contributed by atoms with Crippen molar-refractivity contribution in [2.75, 3.05) is 26.8 Å². The summed E-state index contributed by atoms with van der Waals surface area (Å²) in [6.45, 7) is 3.17. The number of ether oxygens (including phenoxy) is 1. The fourth-order valence-electron chi connectivity index (χ4n) is 1.78. The van der Waals surface area contributed by atoms with E-state index in [-0.39, 0.29) is 12.2 Å². The Labute approximate surface area is 130 Å². The Morgan fingerprint density at radius 2 is 2.14 bits per heavy atom. The third kappa shape index (κ3) is 5.46. The van der Waals surface area contributed by atoms with Crippen molar-refractivity contribution >= 4 is 5.91 Å². The van der Waals surface area contributed by atoms with Crippen molar-refractivity contribution in [3.63, 3.8) is 0 Å². The van der Waals surface area contributed by atoms with Gasteiger partial charge >= 0.3 is 0 Å². The second-order valence-electron chi connectivity index (χ2n) is 4.54. The van der Waals surface area contributed by atoms with E-state index in [1.165, 1.54) is 6.20 Å². The van der Waals surface area contributed by atoms with Crippen LogP contribution in [0.25, 0.3) is 0 Å². The van der Waals surface area contributed by atoms with Crippen LogP contribution in [-0.4, -0.2) is 42.7 Å². The summed E-state index contributed by atoms with van der Waals surface area (Å²) in [7, 11) is 1.59. The smallest absolute Gasteiger partial charge is 0.263 e. The molecule has 0 aliphatic rings. The molecule has 0 bridgehead atoms. The zero-order chi connectivity index (χ0) is 16.4. The molecule has 1 rings (SSSR count). The van der Waals surface area contributed by atoms with Crippen molar-refractivity contribution < 1.29 is 14.6 Å². The second kappa shape index (κ2) is 9.42. The van der Waals surface area contributed by atoms with Gasteiger partial charge in [-0.05, 0) is 24.6 Å². The highest BCUT2D eigenvalue weighted by molar-refractivity contribution is 5.97. The number of methoxy groups -OCH3 is 1. The molecule has 2 N–H and O–H groups in total. The number of hydrogen-bond acceptors (Lipinski definition) is 5. The third-order valence-corrected chi connectivity index (χ3v) is 3.08. The van der Waals surface area contributed by atoms with E-state index in [9.17, 15) is 4.79 Å². The van der Waals surface area contributed by atoms with Crippen LogP contribution >= 0.6 is 0 Å². The Morgan fingerprint density at radius 1 is 1.45 bits per heavy atom. The molecule has 0 spiro atoms. The molecule has 0 unspecified atom stereocenters. The quantitative estimate of drug-likeness (QED) is 0.553. The lowest BCUT2D eigenvalue weighted by molar-refractivity contribution is -0.117. The van der Waals surface area contributed by atoms with Crippen LogP contribution in [0, 0.1) is 11.3 Å². The van der Waals surface area contributed by atoms with Gasteiger partial charge in [0.1, 0.15) is 17.4 Å². The standard InChI is InChI=1S/C16H21N3O3/c1-3-19(8-9-20)12-14(10-17)16(21)18-11-13-4-6-15(22-2)7-5-13/h4-7,12,20H,3,8-9,11H2,1-2H3,(H,18,21)/b14-12-. The van der Waals surface area contributed by atoms with Crippen molar-refractivity contribution in [3.8, 4) is 11.8 Å². The van der Waals surface area contributed by atoms with Gasteiger partial charge in [-0.15, -0.1) is 0 Å². The molecular formula is C16H21N3O3. The average molecular weight is 303 g/mol. The van der Waals surface area contributed by atoms with E-state index in [1.54, 1.807) is 12.0 Å². The van der Waals surface area contributed by atoms with Crippen LogP contribution in [0.4, 0.5) is 0 Å². The summed E-state index contributed by atoms with van der Waals surface area (Å²) in [5.41, 5.74) is 0.929. The van der Waals surface area contributed by atoms with E-state index in [4.69, 9.17) is 15.1 Å². The lowest BCUT2D eigenvalue weighted by Crippen LogP contribution is -2.27. The molecule has 1 aromatic carbocycles. The highest BCUT2D eigenvalue weighted by atomic mass is 16.5. The van der Waals surface area contributed by atoms with Gasteiger partial charge in [0.05, 0.1) is 13.7 Å². The lowest BCUT2D eigenvalue weighted by atomic mass is 10.2. The number of likely N-dealkylation sites (N-methyl/N-ethyl adjacent to an activating group) is 1. The molecule has 0 aliphatic carbocycles. The Hall–Kier alpha value is -2.52. The molecule has 0 saturated heterocycles. The van der Waals surface area contributed by atoms with Gasteiger partial charge in [-0.2, -0.15) is 5.26 Å². The van der Waals surface area contributed by atoms with Gasteiger partial charge in [-0.3, -0.25) is 4.79 Å². The van der Waals surface area contributed by atoms with Crippen LogP contribution in [0.5, 0.6) is 5.75 Å². The lowest BCUT2D eigenvalue weighted by Gasteiger charge is -2.17. The van der Waals surface area contributed by atoms with Gasteiger partial charge < -0.3 is 20.1 Å². The van der Waals surface area contributed by atoms with Gasteiger partial charge in [-0.1, -0.05) is 12.1 Å². The molecule has 0 heterocycles. The Bertz CT molecular complexity index is 547. The number of benzene rings is 1. The van der Waals surface area contributed by atoms with E-state index >= 15 is 0 Å². The first-order valence-electron chi connectivity index (χ1n) is 7.02. The Balaban J connectivity index is 2.64. The van der Waals surface area contributed by atoms with Gasteiger partial charge in [0.2, 0.25) is 0 Å². The fraction of sp³-hybridized carbons (Fsp3) is 0.375. The molecule has 1 amide bonds. The van der Waals surface area contributed by atoms with E-state index in [0.717, 1.165) is 11.3 Å². The fourth-order valence-corrected chi connectivity index (χ4v) is 1.78. The topological polar surface area (TPSA) is 85.6 Å². The predicted molar refractivity (Wildman–Crippen MR) is 82.9 cm³/mol. The zero-order valence-corrected chi connectivity index (χ0v) is 12.9. The first kappa shape index (κ1) is 17.5. The SMILES string of the molecule is CCN(/C=C(/C#N)C(=O)NCc1ccc(OC)cc1)CCO. The first-order valence-corrected chi connectivity index (χ1v) is 7.02. The summed E-state index contributed by atoms with van der Waals surface area (Å²) in [6.07, 6.45) is 1.47. The van der Waals surface area contributed by atoms with Crippen LogP contribution in [-0.2, 0) is 11.3 Å². The summed E-state index contributed by atoms with van der Waals surface area (Å²) in [6, 6.07) is 9.19. The maximum Gasteiger partial charge on any atom is 0.263 e. The summed E-state index contributed by atoms with van der Waals surface area (Å²) in [4.78, 5) is 13.7. The van der Waals surface area contributed by atoms with Crippen LogP contribution in [0.15, 0.2) is 36.0 Å². The largest absolute Gasteiger partial charge is 0.497 e. The van der Waals surface area contributed by atoms with Gasteiger partial charge in [0.15, 0.2) is 0 Å². The summed E-state index contributed by atoms with van der Waals surface area (Å²) < 4.78 is 5.06. The molecule has 6 heteroatoms. The molecule has 22 heavy (non-hydrogen) atoms. The van der Waals surface area contributed by atoms with E-state index in [1.807, 2.05) is 37.3 Å². The monoisotopic (exact) mass is 303 g/mol. The maximum atomic E-state index is 12.0. The highest BCUT2D eigenvalue weighted by Crippen LogP contribution is 2.11. The summed E-state index contributed by atoms with van der Waals surface area (Å²) in [5, 5.41) is 20.7. The number of hydrogen-bond donors (Lipinski definition) is 2. The van der Waals surface area contributed by atoms with Crippen molar-refractivity contribution in [1.29, 1.82) is 5.26 Å². The normalized spacial score (nSPS) is 10.7. The van der Waals surface area contributed by atoms with Crippen LogP contribution in [0.2, 0.25) is 0 Å². The van der Waals surface area contributed by atoms with Crippen LogP contribution < -0.4 is 10.1 Å². The Kier molecular flexibility index (Phi) is 7.51. The minimum atomic E-state index is -0.435. The number of nitrogens with one attached hydrogen (secondary N) is 1. The maximum absolute atomic E-state index is 12.0. The number of aliphatic hydroxyl groups excluding tert-OH is 1. The number of nitriles is 1. The van der Waals surface area contributed by atoms with Gasteiger partial charge in [0.25, 0.3) is 5.91 Å². The van der Waals surface area contributed by atoms with Gasteiger partial charge in [0, 0.05) is 25.8 Å². The van der Waals surface area contributed by atoms with Crippen LogP contribution in [0.3, 0.4) is 0 Å². The number of carbonyl (C=O) groups excluding carboxylic acids is 1. The molecule has 1 aromatic rings. The zero-order valence-electron chi connectivity index (χ0n) is 12.9. The second-order valence-corrected chi connectivity index (χ2v) is 4.54. The molecule has 0 saturated carbocycles. The number of amides is 1.